The molecule has 6 nitrogen and oxygen atoms in total. The Bertz CT molecular complexity index is 415. The van der Waals surface area contributed by atoms with Crippen molar-refractivity contribution < 1.29 is 9.66 Å². The van der Waals surface area contributed by atoms with Gasteiger partial charge in [-0.25, -0.2) is 0 Å². The first kappa shape index (κ1) is 10.8. The maximum Gasteiger partial charge on any atom is 0.312 e. The van der Waals surface area contributed by atoms with Crippen molar-refractivity contribution in [3.05, 3.63) is 34.2 Å². The van der Waals surface area contributed by atoms with E-state index < -0.39 is 4.92 Å². The summed E-state index contributed by atoms with van der Waals surface area (Å²) in [5.41, 5.74) is 0.586. The summed E-state index contributed by atoms with van der Waals surface area (Å²) >= 11 is 0. The first-order valence-electron chi connectivity index (χ1n) is 5.13. The molecule has 1 atom stereocenters. The molecule has 6 heteroatoms. The van der Waals surface area contributed by atoms with Crippen molar-refractivity contribution in [2.75, 3.05) is 6.61 Å². The standard InChI is InChI=1S/C10H13N3O3/c1-12-10(8(7-11-12)13(14)15)9-5-3-2-4-6-16-9/h2,4,7,9H,3,5-6H2,1H3/t9-/m0/s1. The van der Waals surface area contributed by atoms with Gasteiger partial charge in [-0.2, -0.15) is 5.10 Å². The average molecular weight is 223 g/mol. The van der Waals surface area contributed by atoms with Gasteiger partial charge >= 0.3 is 5.69 Å². The van der Waals surface area contributed by atoms with Crippen molar-refractivity contribution in [3.63, 3.8) is 0 Å². The number of ether oxygens (including phenoxy) is 1. The molecule has 0 spiro atoms. The zero-order valence-electron chi connectivity index (χ0n) is 9.00. The zero-order chi connectivity index (χ0) is 11.5. The highest BCUT2D eigenvalue weighted by atomic mass is 16.6. The van der Waals surface area contributed by atoms with Crippen LogP contribution in [0.25, 0.3) is 0 Å². The summed E-state index contributed by atoms with van der Waals surface area (Å²) in [6.07, 6.45) is 6.61. The molecular formula is C10H13N3O3. The van der Waals surface area contributed by atoms with E-state index in [4.69, 9.17) is 4.74 Å². The van der Waals surface area contributed by atoms with Crippen LogP contribution in [0.1, 0.15) is 24.6 Å². The molecule has 0 saturated heterocycles. The normalized spacial score (nSPS) is 20.7. The van der Waals surface area contributed by atoms with Crippen LogP contribution in [0.4, 0.5) is 5.69 Å². The van der Waals surface area contributed by atoms with Crippen LogP contribution in [-0.4, -0.2) is 21.3 Å². The van der Waals surface area contributed by atoms with Crippen LogP contribution in [0.5, 0.6) is 0 Å². The van der Waals surface area contributed by atoms with E-state index in [-0.39, 0.29) is 11.8 Å². The van der Waals surface area contributed by atoms with Gasteiger partial charge in [0.2, 0.25) is 0 Å². The molecule has 0 N–H and O–H groups in total. The van der Waals surface area contributed by atoms with Crippen LogP contribution >= 0.6 is 0 Å². The number of aromatic nitrogens is 2. The first-order valence-corrected chi connectivity index (χ1v) is 5.13. The van der Waals surface area contributed by atoms with Crippen LogP contribution in [0.3, 0.4) is 0 Å². The Kier molecular flexibility index (Phi) is 3.00. The summed E-state index contributed by atoms with van der Waals surface area (Å²) in [6, 6.07) is 0. The Hall–Kier alpha value is -1.69. The molecule has 0 fully saturated rings. The minimum atomic E-state index is -0.413. The van der Waals surface area contributed by atoms with Crippen molar-refractivity contribution in [1.29, 1.82) is 0 Å². The van der Waals surface area contributed by atoms with Crippen molar-refractivity contribution >= 4 is 5.69 Å². The molecule has 1 aromatic heterocycles. The van der Waals surface area contributed by atoms with Crippen molar-refractivity contribution in [1.82, 2.24) is 9.78 Å². The zero-order valence-corrected chi connectivity index (χ0v) is 9.00. The van der Waals surface area contributed by atoms with Gasteiger partial charge < -0.3 is 4.74 Å². The number of nitrogens with zero attached hydrogens (tertiary/aromatic N) is 3. The molecule has 86 valence electrons. The maximum atomic E-state index is 10.8. The molecule has 1 aliphatic rings. The number of nitro groups is 1. The number of allylic oxidation sites excluding steroid dienone is 1. The van der Waals surface area contributed by atoms with Gasteiger partial charge in [0, 0.05) is 7.05 Å². The largest absolute Gasteiger partial charge is 0.368 e. The smallest absolute Gasteiger partial charge is 0.312 e. The third-order valence-corrected chi connectivity index (χ3v) is 2.62. The molecule has 2 rings (SSSR count). The van der Waals surface area contributed by atoms with Crippen molar-refractivity contribution in [3.8, 4) is 0 Å². The van der Waals surface area contributed by atoms with Gasteiger partial charge in [0.05, 0.1) is 11.5 Å². The molecule has 1 aromatic rings. The van der Waals surface area contributed by atoms with E-state index in [0.717, 1.165) is 12.8 Å². The Labute approximate surface area is 92.7 Å². The summed E-state index contributed by atoms with van der Waals surface area (Å²) < 4.78 is 7.09. The SMILES string of the molecule is Cn1ncc([N+](=O)[O-])c1[C@@H]1CCC=CCO1. The predicted octanol–water partition coefficient (Wildman–Crippen LogP) is 1.74. The highest BCUT2D eigenvalue weighted by Crippen LogP contribution is 2.31. The highest BCUT2D eigenvalue weighted by molar-refractivity contribution is 5.34. The van der Waals surface area contributed by atoms with Gasteiger partial charge in [-0.15, -0.1) is 0 Å². The first-order chi connectivity index (χ1) is 7.70. The second-order valence-corrected chi connectivity index (χ2v) is 3.67. The summed E-state index contributed by atoms with van der Waals surface area (Å²) in [7, 11) is 1.70. The van der Waals surface area contributed by atoms with Gasteiger partial charge in [-0.1, -0.05) is 12.2 Å². The lowest BCUT2D eigenvalue weighted by molar-refractivity contribution is -0.386. The van der Waals surface area contributed by atoms with Crippen LogP contribution in [0.2, 0.25) is 0 Å². The fourth-order valence-corrected chi connectivity index (χ4v) is 1.85. The minimum absolute atomic E-state index is 0.0365. The summed E-state index contributed by atoms with van der Waals surface area (Å²) in [5, 5.41) is 14.8. The van der Waals surface area contributed by atoms with Gasteiger partial charge in [-0.05, 0) is 12.8 Å². The number of rotatable bonds is 2. The van der Waals surface area contributed by atoms with Gasteiger partial charge in [0.1, 0.15) is 18.0 Å². The number of hydrogen-bond acceptors (Lipinski definition) is 4. The maximum absolute atomic E-state index is 10.8. The van der Waals surface area contributed by atoms with Crippen molar-refractivity contribution in [2.45, 2.75) is 18.9 Å². The molecule has 0 unspecified atom stereocenters. The molecule has 0 saturated carbocycles. The summed E-state index contributed by atoms with van der Waals surface area (Å²) in [6.45, 7) is 0.493. The predicted molar refractivity (Wildman–Crippen MR) is 56.9 cm³/mol. The van der Waals surface area contributed by atoms with Crippen LogP contribution in [-0.2, 0) is 11.8 Å². The molecule has 1 aliphatic heterocycles. The number of aryl methyl sites for hydroxylation is 1. The van der Waals surface area contributed by atoms with Crippen LogP contribution < -0.4 is 0 Å². The molecule has 0 bridgehead atoms. The molecule has 2 heterocycles. The molecule has 0 aliphatic carbocycles. The number of hydrogen-bond donors (Lipinski definition) is 0. The minimum Gasteiger partial charge on any atom is -0.368 e. The lowest BCUT2D eigenvalue weighted by Gasteiger charge is -2.14. The quantitative estimate of drug-likeness (QED) is 0.435. The van der Waals surface area contributed by atoms with Crippen molar-refractivity contribution in [2.24, 2.45) is 7.05 Å². The van der Waals surface area contributed by atoms with E-state index >= 15 is 0 Å². The average Bonchev–Trinajstić information content (AvgIpc) is 2.50. The fraction of sp³-hybridized carbons (Fsp3) is 0.500. The summed E-state index contributed by atoms with van der Waals surface area (Å²) in [4.78, 5) is 10.4. The molecule has 0 aromatic carbocycles. The van der Waals surface area contributed by atoms with E-state index in [1.54, 1.807) is 7.05 Å². The topological polar surface area (TPSA) is 70.2 Å². The Balaban J connectivity index is 2.31. The Morgan fingerprint density at radius 1 is 1.62 bits per heavy atom. The summed E-state index contributed by atoms with van der Waals surface area (Å²) in [5.74, 6) is 0. The second-order valence-electron chi connectivity index (χ2n) is 3.67. The van der Waals surface area contributed by atoms with Gasteiger partial charge in [0.15, 0.2) is 0 Å². The second kappa shape index (κ2) is 4.44. The van der Waals surface area contributed by atoms with E-state index in [9.17, 15) is 10.1 Å². The highest BCUT2D eigenvalue weighted by Gasteiger charge is 2.27. The Morgan fingerprint density at radius 3 is 3.19 bits per heavy atom. The van der Waals surface area contributed by atoms with E-state index in [1.165, 1.54) is 10.9 Å². The Morgan fingerprint density at radius 2 is 2.44 bits per heavy atom. The molecular weight excluding hydrogens is 210 g/mol. The van der Waals surface area contributed by atoms with E-state index in [2.05, 4.69) is 5.10 Å². The molecule has 0 radical (unpaired) electrons. The van der Waals surface area contributed by atoms with Gasteiger partial charge in [0.25, 0.3) is 0 Å². The van der Waals surface area contributed by atoms with Crippen LogP contribution in [0, 0.1) is 10.1 Å². The monoisotopic (exact) mass is 223 g/mol. The third-order valence-electron chi connectivity index (χ3n) is 2.62. The fourth-order valence-electron chi connectivity index (χ4n) is 1.85. The third kappa shape index (κ3) is 1.96. The van der Waals surface area contributed by atoms with E-state index in [0.29, 0.717) is 12.3 Å². The molecule has 16 heavy (non-hydrogen) atoms. The molecule has 0 amide bonds. The lowest BCUT2D eigenvalue weighted by atomic mass is 10.1. The van der Waals surface area contributed by atoms with Crippen LogP contribution in [0.15, 0.2) is 18.3 Å². The van der Waals surface area contributed by atoms with E-state index in [1.807, 2.05) is 12.2 Å². The van der Waals surface area contributed by atoms with Gasteiger partial charge in [-0.3, -0.25) is 14.8 Å². The lowest BCUT2D eigenvalue weighted by Crippen LogP contribution is -2.10.